The lowest BCUT2D eigenvalue weighted by molar-refractivity contribution is 0.0412. The van der Waals surface area contributed by atoms with Gasteiger partial charge in [0.15, 0.2) is 11.5 Å². The number of morpholine rings is 1. The Bertz CT molecular complexity index is 1370. The summed E-state index contributed by atoms with van der Waals surface area (Å²) in [5.74, 6) is -0.0388. The van der Waals surface area contributed by atoms with Gasteiger partial charge >= 0.3 is 6.09 Å². The van der Waals surface area contributed by atoms with Crippen molar-refractivity contribution in [2.75, 3.05) is 33.4 Å². The number of allylic oxidation sites excluding steroid dienone is 1. The summed E-state index contributed by atoms with van der Waals surface area (Å²) in [5.41, 5.74) is 8.91. The van der Waals surface area contributed by atoms with Crippen LogP contribution in [0, 0.1) is 11.3 Å². The first kappa shape index (κ1) is 23.7. The summed E-state index contributed by atoms with van der Waals surface area (Å²) in [6, 6.07) is 15.0. The predicted octanol–water partition coefficient (Wildman–Crippen LogP) is 3.90. The van der Waals surface area contributed by atoms with Gasteiger partial charge in [0.2, 0.25) is 11.8 Å². The molecule has 184 valence electrons. The molecule has 0 aliphatic carbocycles. The zero-order chi connectivity index (χ0) is 25.2. The second-order valence-corrected chi connectivity index (χ2v) is 9.01. The van der Waals surface area contributed by atoms with E-state index in [0.29, 0.717) is 48.9 Å². The molecule has 0 spiro atoms. The van der Waals surface area contributed by atoms with Crippen LogP contribution in [0.2, 0.25) is 0 Å². The number of nitrogens with two attached hydrogens (primary N) is 1. The molecular formula is C25H22BrN5O5. The van der Waals surface area contributed by atoms with Crippen LogP contribution in [0.15, 0.2) is 58.4 Å². The molecule has 3 aromatic rings. The molecule has 0 saturated carbocycles. The SMILES string of the molecule is COc1cccc([C@H]2C(C#N)=C(N)Oc3n[nH]c(-c4ccc(Br)cc4)c32)c1OC(=O)N1CCOCC1. The Morgan fingerprint density at radius 2 is 2.00 bits per heavy atom. The molecule has 0 unspecified atom stereocenters. The lowest BCUT2D eigenvalue weighted by Crippen LogP contribution is -2.42. The van der Waals surface area contributed by atoms with Crippen LogP contribution in [0.5, 0.6) is 17.4 Å². The highest BCUT2D eigenvalue weighted by Crippen LogP contribution is 2.49. The van der Waals surface area contributed by atoms with E-state index in [4.69, 9.17) is 24.7 Å². The first-order valence-corrected chi connectivity index (χ1v) is 11.9. The van der Waals surface area contributed by atoms with E-state index < -0.39 is 12.0 Å². The number of rotatable bonds is 4. The number of aromatic nitrogens is 2. The molecule has 1 atom stereocenters. The Hall–Kier alpha value is -4.01. The summed E-state index contributed by atoms with van der Waals surface area (Å²) in [6.45, 7) is 1.69. The van der Waals surface area contributed by atoms with Crippen LogP contribution >= 0.6 is 15.9 Å². The van der Waals surface area contributed by atoms with E-state index in [2.05, 4.69) is 32.2 Å². The average molecular weight is 552 g/mol. The van der Waals surface area contributed by atoms with Crippen molar-refractivity contribution in [3.8, 4) is 34.7 Å². The van der Waals surface area contributed by atoms with Gasteiger partial charge in [0, 0.05) is 28.7 Å². The number of amides is 1. The molecule has 0 bridgehead atoms. The molecule has 1 saturated heterocycles. The van der Waals surface area contributed by atoms with Crippen LogP contribution in [0.3, 0.4) is 0 Å². The van der Waals surface area contributed by atoms with Gasteiger partial charge in [-0.2, -0.15) is 5.26 Å². The monoisotopic (exact) mass is 551 g/mol. The molecule has 1 aromatic heterocycles. The Morgan fingerprint density at radius 3 is 2.69 bits per heavy atom. The average Bonchev–Trinajstić information content (AvgIpc) is 3.32. The number of ether oxygens (including phenoxy) is 4. The van der Waals surface area contributed by atoms with Gasteiger partial charge in [-0.05, 0) is 18.2 Å². The van der Waals surface area contributed by atoms with Gasteiger partial charge in [-0.1, -0.05) is 40.2 Å². The number of hydrogen-bond acceptors (Lipinski definition) is 8. The molecule has 5 rings (SSSR count). The van der Waals surface area contributed by atoms with Crippen molar-refractivity contribution < 1.29 is 23.7 Å². The standard InChI is InChI=1S/C25H22BrN5O5/c1-33-18-4-2-3-16(22(18)35-25(32)31-9-11-34-12-10-31)19-17(13-27)23(28)36-24-20(19)21(29-30-24)14-5-7-15(26)8-6-14/h2-8,19H,9-12,28H2,1H3,(H,29,30)/t19-/m0/s1. The van der Waals surface area contributed by atoms with Gasteiger partial charge < -0.3 is 29.6 Å². The van der Waals surface area contributed by atoms with Crippen molar-refractivity contribution in [1.29, 1.82) is 5.26 Å². The van der Waals surface area contributed by atoms with Crippen LogP contribution < -0.4 is 19.9 Å². The minimum absolute atomic E-state index is 0.0721. The molecule has 36 heavy (non-hydrogen) atoms. The number of benzene rings is 2. The Labute approximate surface area is 215 Å². The summed E-state index contributed by atoms with van der Waals surface area (Å²) in [5, 5.41) is 17.4. The molecule has 1 fully saturated rings. The van der Waals surface area contributed by atoms with E-state index in [1.54, 1.807) is 23.1 Å². The normalized spacial score (nSPS) is 17.1. The van der Waals surface area contributed by atoms with E-state index in [9.17, 15) is 10.1 Å². The molecule has 3 heterocycles. The van der Waals surface area contributed by atoms with E-state index in [0.717, 1.165) is 10.0 Å². The van der Waals surface area contributed by atoms with Gasteiger partial charge in [0.25, 0.3) is 0 Å². The van der Waals surface area contributed by atoms with Crippen molar-refractivity contribution in [2.45, 2.75) is 5.92 Å². The Balaban J connectivity index is 1.66. The predicted molar refractivity (Wildman–Crippen MR) is 132 cm³/mol. The number of carbonyl (C=O) groups excluding carboxylic acids is 1. The van der Waals surface area contributed by atoms with Gasteiger partial charge in [-0.25, -0.2) is 4.79 Å². The number of methoxy groups -OCH3 is 1. The highest BCUT2D eigenvalue weighted by atomic mass is 79.9. The van der Waals surface area contributed by atoms with Crippen LogP contribution in [0.25, 0.3) is 11.3 Å². The number of fused-ring (bicyclic) bond motifs is 1. The minimum atomic E-state index is -0.737. The smallest absolute Gasteiger partial charge is 0.415 e. The van der Waals surface area contributed by atoms with Gasteiger partial charge in [-0.15, -0.1) is 5.10 Å². The summed E-state index contributed by atoms with van der Waals surface area (Å²) in [6.07, 6.45) is -0.535. The number of hydrogen-bond donors (Lipinski definition) is 2. The van der Waals surface area contributed by atoms with Crippen LogP contribution in [-0.4, -0.2) is 54.6 Å². The summed E-state index contributed by atoms with van der Waals surface area (Å²) < 4.78 is 23.4. The fraction of sp³-hybridized carbons (Fsp3) is 0.240. The van der Waals surface area contributed by atoms with Crippen LogP contribution in [-0.2, 0) is 4.74 Å². The summed E-state index contributed by atoms with van der Waals surface area (Å²) in [7, 11) is 1.49. The number of nitriles is 1. The molecule has 2 aliphatic rings. The van der Waals surface area contributed by atoms with Crippen molar-refractivity contribution >= 4 is 22.0 Å². The van der Waals surface area contributed by atoms with Gasteiger partial charge in [0.05, 0.1) is 37.5 Å². The zero-order valence-electron chi connectivity index (χ0n) is 19.3. The second kappa shape index (κ2) is 9.93. The Kier molecular flexibility index (Phi) is 6.54. The van der Waals surface area contributed by atoms with Crippen molar-refractivity contribution in [2.24, 2.45) is 5.73 Å². The molecular weight excluding hydrogens is 530 g/mol. The number of nitrogens with zero attached hydrogens (tertiary/aromatic N) is 3. The topological polar surface area (TPSA) is 136 Å². The first-order valence-electron chi connectivity index (χ1n) is 11.1. The van der Waals surface area contributed by atoms with E-state index >= 15 is 0 Å². The van der Waals surface area contributed by atoms with E-state index in [-0.39, 0.29) is 23.1 Å². The quantitative estimate of drug-likeness (QED) is 0.498. The highest BCUT2D eigenvalue weighted by molar-refractivity contribution is 9.10. The molecule has 2 aromatic carbocycles. The third-order valence-electron chi connectivity index (χ3n) is 6.07. The maximum Gasteiger partial charge on any atom is 0.415 e. The third-order valence-corrected chi connectivity index (χ3v) is 6.60. The summed E-state index contributed by atoms with van der Waals surface area (Å²) >= 11 is 3.45. The fourth-order valence-corrected chi connectivity index (χ4v) is 4.58. The largest absolute Gasteiger partial charge is 0.493 e. The molecule has 0 radical (unpaired) electrons. The fourth-order valence-electron chi connectivity index (χ4n) is 4.32. The number of H-pyrrole nitrogens is 1. The van der Waals surface area contributed by atoms with Gasteiger partial charge in [0.1, 0.15) is 11.6 Å². The zero-order valence-corrected chi connectivity index (χ0v) is 20.9. The number of aromatic amines is 1. The lowest BCUT2D eigenvalue weighted by Gasteiger charge is -2.28. The van der Waals surface area contributed by atoms with E-state index in [1.165, 1.54) is 7.11 Å². The number of halogens is 1. The van der Waals surface area contributed by atoms with E-state index in [1.807, 2.05) is 24.3 Å². The summed E-state index contributed by atoms with van der Waals surface area (Å²) in [4.78, 5) is 14.6. The first-order chi connectivity index (χ1) is 17.5. The number of nitrogens with one attached hydrogen (secondary N) is 1. The molecule has 11 heteroatoms. The number of carbonyl (C=O) groups is 1. The van der Waals surface area contributed by atoms with Gasteiger partial charge in [-0.3, -0.25) is 5.10 Å². The minimum Gasteiger partial charge on any atom is -0.493 e. The molecule has 1 amide bonds. The molecule has 3 N–H and O–H groups in total. The number of para-hydroxylation sites is 1. The van der Waals surface area contributed by atoms with Crippen molar-refractivity contribution in [3.63, 3.8) is 0 Å². The maximum absolute atomic E-state index is 13.0. The third kappa shape index (κ3) is 4.25. The Morgan fingerprint density at radius 1 is 1.25 bits per heavy atom. The van der Waals surface area contributed by atoms with Crippen molar-refractivity contribution in [1.82, 2.24) is 15.1 Å². The van der Waals surface area contributed by atoms with Crippen LogP contribution in [0.1, 0.15) is 17.0 Å². The maximum atomic E-state index is 13.0. The molecule has 10 nitrogen and oxygen atoms in total. The van der Waals surface area contributed by atoms with Crippen molar-refractivity contribution in [3.05, 3.63) is 69.5 Å². The van der Waals surface area contributed by atoms with Crippen LogP contribution in [0.4, 0.5) is 4.79 Å². The highest BCUT2D eigenvalue weighted by Gasteiger charge is 2.38. The molecule has 2 aliphatic heterocycles. The second-order valence-electron chi connectivity index (χ2n) is 8.10. The lowest BCUT2D eigenvalue weighted by atomic mass is 9.82.